The minimum absolute atomic E-state index is 0.233. The van der Waals surface area contributed by atoms with Crippen LogP contribution in [0.1, 0.15) is 15.9 Å². The van der Waals surface area contributed by atoms with Crippen LogP contribution in [0.3, 0.4) is 0 Å². The maximum Gasteiger partial charge on any atom is 0.206 e. The van der Waals surface area contributed by atoms with Crippen LogP contribution in [0.2, 0.25) is 0 Å². The first-order valence-corrected chi connectivity index (χ1v) is 8.17. The molecule has 26 heavy (non-hydrogen) atoms. The number of rotatable bonds is 7. The average molecular weight is 384 g/mol. The number of hydrogen-bond acceptors (Lipinski definition) is 7. The predicted octanol–water partition coefficient (Wildman–Crippen LogP) is 2.77. The molecule has 142 valence electrons. The number of alkyl halides is 1. The molecule has 0 spiro atoms. The van der Waals surface area contributed by atoms with Crippen molar-refractivity contribution in [1.82, 2.24) is 0 Å². The molecule has 7 nitrogen and oxygen atoms in total. The van der Waals surface area contributed by atoms with Crippen LogP contribution in [0.5, 0.6) is 17.2 Å². The van der Waals surface area contributed by atoms with E-state index < -0.39 is 16.9 Å². The van der Waals surface area contributed by atoms with Gasteiger partial charge in [0.1, 0.15) is 5.76 Å². The summed E-state index contributed by atoms with van der Waals surface area (Å²) >= 11 is 6.35. The molecule has 0 aliphatic carbocycles. The number of dihydropyridines is 1. The molecule has 0 amide bonds. The lowest BCUT2D eigenvalue weighted by atomic mass is 9.87. The topological polar surface area (TPSA) is 75.6 Å². The summed E-state index contributed by atoms with van der Waals surface area (Å²) in [4.78, 5) is 17.7. The number of aryl methyl sites for hydroxylation is 1. The highest BCUT2D eigenvalue weighted by molar-refractivity contribution is 6.26. The molecule has 0 saturated carbocycles. The number of ketones is 1. The van der Waals surface area contributed by atoms with Crippen molar-refractivity contribution in [2.75, 3.05) is 35.5 Å². The SMILES string of the molecule is COC1=CC(OC)(C(=O)c2c(C)cc(OC)c(OC)c2OC)C(Cl)N=C1. The van der Waals surface area contributed by atoms with E-state index in [-0.39, 0.29) is 11.3 Å². The molecule has 0 radical (unpaired) electrons. The lowest BCUT2D eigenvalue weighted by Gasteiger charge is -2.33. The number of aliphatic imine (C=N–C) groups is 1. The molecule has 2 atom stereocenters. The Morgan fingerprint density at radius 3 is 2.23 bits per heavy atom. The third-order valence-corrected chi connectivity index (χ3v) is 4.66. The molecule has 1 aliphatic rings. The van der Waals surface area contributed by atoms with Crippen molar-refractivity contribution in [3.63, 3.8) is 0 Å². The van der Waals surface area contributed by atoms with Crippen LogP contribution >= 0.6 is 11.6 Å². The van der Waals surface area contributed by atoms with E-state index in [1.807, 2.05) is 0 Å². The molecule has 8 heteroatoms. The van der Waals surface area contributed by atoms with Crippen LogP contribution in [-0.4, -0.2) is 58.6 Å². The predicted molar refractivity (Wildman–Crippen MR) is 98.1 cm³/mol. The fourth-order valence-corrected chi connectivity index (χ4v) is 3.16. The summed E-state index contributed by atoms with van der Waals surface area (Å²) in [5.74, 6) is 0.922. The number of allylic oxidation sites excluding steroid dienone is 1. The summed E-state index contributed by atoms with van der Waals surface area (Å²) in [6, 6.07) is 1.69. The van der Waals surface area contributed by atoms with Crippen LogP contribution in [0.25, 0.3) is 0 Å². The Balaban J connectivity index is 2.72. The highest BCUT2D eigenvalue weighted by Gasteiger charge is 2.48. The average Bonchev–Trinajstić information content (AvgIpc) is 2.66. The zero-order valence-electron chi connectivity index (χ0n) is 15.6. The molecule has 0 aromatic heterocycles. The maximum atomic E-state index is 13.5. The molecule has 0 saturated heterocycles. The van der Waals surface area contributed by atoms with E-state index in [4.69, 9.17) is 35.3 Å². The van der Waals surface area contributed by atoms with Gasteiger partial charge in [-0.25, -0.2) is 0 Å². The summed E-state index contributed by atoms with van der Waals surface area (Å²) < 4.78 is 26.9. The van der Waals surface area contributed by atoms with E-state index in [9.17, 15) is 4.79 Å². The summed E-state index contributed by atoms with van der Waals surface area (Å²) in [5.41, 5.74) is -1.65. The number of benzene rings is 1. The number of carbonyl (C=O) groups is 1. The Bertz CT molecular complexity index is 761. The van der Waals surface area contributed by atoms with Gasteiger partial charge in [-0.05, 0) is 18.6 Å². The van der Waals surface area contributed by atoms with Gasteiger partial charge in [-0.3, -0.25) is 9.79 Å². The Kier molecular flexibility index (Phi) is 6.15. The highest BCUT2D eigenvalue weighted by atomic mass is 35.5. The van der Waals surface area contributed by atoms with Crippen molar-refractivity contribution >= 4 is 23.6 Å². The van der Waals surface area contributed by atoms with Crippen LogP contribution in [0, 0.1) is 6.92 Å². The Morgan fingerprint density at radius 2 is 1.73 bits per heavy atom. The Morgan fingerprint density at radius 1 is 1.08 bits per heavy atom. The Hall–Kier alpha value is -2.25. The number of Topliss-reactive ketones (excluding diaryl/α,β-unsaturated/α-hetero) is 1. The third kappa shape index (κ3) is 3.12. The molecule has 1 heterocycles. The highest BCUT2D eigenvalue weighted by Crippen LogP contribution is 2.44. The zero-order chi connectivity index (χ0) is 19.5. The third-order valence-electron chi connectivity index (χ3n) is 4.23. The number of nitrogens with zero attached hydrogens (tertiary/aromatic N) is 1. The van der Waals surface area contributed by atoms with Gasteiger partial charge in [-0.2, -0.15) is 0 Å². The van der Waals surface area contributed by atoms with Gasteiger partial charge < -0.3 is 23.7 Å². The zero-order valence-corrected chi connectivity index (χ0v) is 16.3. The first-order chi connectivity index (χ1) is 12.4. The summed E-state index contributed by atoms with van der Waals surface area (Å²) in [5, 5.41) is 0. The lowest BCUT2D eigenvalue weighted by molar-refractivity contribution is 0.0244. The maximum absolute atomic E-state index is 13.5. The second-order valence-corrected chi connectivity index (χ2v) is 5.94. The summed E-state index contributed by atoms with van der Waals surface area (Å²) in [6.45, 7) is 1.76. The van der Waals surface area contributed by atoms with Crippen molar-refractivity contribution in [1.29, 1.82) is 0 Å². The van der Waals surface area contributed by atoms with Gasteiger partial charge in [0.2, 0.25) is 11.5 Å². The summed E-state index contributed by atoms with van der Waals surface area (Å²) in [7, 11) is 7.28. The Labute approximate surface area is 157 Å². The van der Waals surface area contributed by atoms with Crippen LogP contribution in [-0.2, 0) is 9.47 Å². The molecular formula is C18H22ClNO6. The van der Waals surface area contributed by atoms with Gasteiger partial charge >= 0.3 is 0 Å². The molecule has 0 bridgehead atoms. The van der Waals surface area contributed by atoms with Crippen molar-refractivity contribution in [3.8, 4) is 17.2 Å². The minimum atomic E-state index is -1.56. The quantitative estimate of drug-likeness (QED) is 0.409. The fraction of sp³-hybridized carbons (Fsp3) is 0.444. The second kappa shape index (κ2) is 7.97. The monoisotopic (exact) mass is 383 g/mol. The number of halogens is 1. The summed E-state index contributed by atoms with van der Waals surface area (Å²) in [6.07, 6.45) is 2.95. The van der Waals surface area contributed by atoms with Crippen LogP contribution < -0.4 is 14.2 Å². The van der Waals surface area contributed by atoms with Gasteiger partial charge in [0.05, 0.1) is 40.2 Å². The molecule has 2 rings (SSSR count). The molecule has 1 aliphatic heterocycles. The molecular weight excluding hydrogens is 362 g/mol. The van der Waals surface area contributed by atoms with E-state index in [1.165, 1.54) is 47.8 Å². The van der Waals surface area contributed by atoms with Crippen molar-refractivity contribution in [2.24, 2.45) is 4.99 Å². The lowest BCUT2D eigenvalue weighted by Crippen LogP contribution is -2.48. The largest absolute Gasteiger partial charge is 0.495 e. The molecule has 2 unspecified atom stereocenters. The molecule has 0 N–H and O–H groups in total. The van der Waals surface area contributed by atoms with E-state index in [2.05, 4.69) is 4.99 Å². The molecule has 0 fully saturated rings. The van der Waals surface area contributed by atoms with Crippen molar-refractivity contribution in [3.05, 3.63) is 29.0 Å². The number of hydrogen-bond donors (Lipinski definition) is 0. The molecule has 1 aromatic rings. The van der Waals surface area contributed by atoms with Gasteiger partial charge in [-0.1, -0.05) is 11.6 Å². The van der Waals surface area contributed by atoms with Gasteiger partial charge in [-0.15, -0.1) is 0 Å². The first kappa shape index (κ1) is 20.1. The first-order valence-electron chi connectivity index (χ1n) is 7.73. The molecule has 1 aromatic carbocycles. The van der Waals surface area contributed by atoms with Crippen LogP contribution in [0.4, 0.5) is 0 Å². The van der Waals surface area contributed by atoms with Gasteiger partial charge in [0, 0.05) is 13.2 Å². The van der Waals surface area contributed by atoms with E-state index in [1.54, 1.807) is 13.0 Å². The smallest absolute Gasteiger partial charge is 0.206 e. The van der Waals surface area contributed by atoms with Crippen LogP contribution in [0.15, 0.2) is 22.9 Å². The number of ether oxygens (including phenoxy) is 5. The minimum Gasteiger partial charge on any atom is -0.495 e. The van der Waals surface area contributed by atoms with Gasteiger partial charge in [0.15, 0.2) is 22.6 Å². The standard InChI is InChI=1S/C18H22ClNO6/c1-10-7-12(23-3)14(24-4)15(25-5)13(10)16(21)18(26-6)8-11(22-2)9-20-17(18)19/h7-9,17H,1-6H3. The van der Waals surface area contributed by atoms with E-state index >= 15 is 0 Å². The number of carbonyl (C=O) groups excluding carboxylic acids is 1. The van der Waals surface area contributed by atoms with Gasteiger partial charge in [0.25, 0.3) is 0 Å². The number of methoxy groups -OCH3 is 5. The van der Waals surface area contributed by atoms with E-state index in [0.717, 1.165) is 0 Å². The van der Waals surface area contributed by atoms with Crippen molar-refractivity contribution < 1.29 is 28.5 Å². The fourth-order valence-electron chi connectivity index (χ4n) is 2.86. The normalized spacial score (nSPS) is 21.8. The second-order valence-electron chi connectivity index (χ2n) is 5.53. The van der Waals surface area contributed by atoms with E-state index in [0.29, 0.717) is 22.8 Å². The van der Waals surface area contributed by atoms with Crippen molar-refractivity contribution in [2.45, 2.75) is 18.0 Å².